The van der Waals surface area contributed by atoms with E-state index in [1.807, 2.05) is 0 Å². The van der Waals surface area contributed by atoms with Gasteiger partial charge in [-0.2, -0.15) is 0 Å². The molecule has 2 aromatic carbocycles. The van der Waals surface area contributed by atoms with Crippen molar-refractivity contribution in [3.05, 3.63) is 64.3 Å². The predicted octanol–water partition coefficient (Wildman–Crippen LogP) is 4.00. The maximum atomic E-state index is 12.9. The summed E-state index contributed by atoms with van der Waals surface area (Å²) in [6.45, 7) is 3.21. The van der Waals surface area contributed by atoms with Crippen molar-refractivity contribution >= 4 is 44.2 Å². The van der Waals surface area contributed by atoms with E-state index in [2.05, 4.69) is 9.71 Å². The number of carboxylic acids is 1. The Morgan fingerprint density at radius 2 is 1.92 bits per heavy atom. The van der Waals surface area contributed by atoms with Crippen molar-refractivity contribution in [1.82, 2.24) is 4.98 Å². The summed E-state index contributed by atoms with van der Waals surface area (Å²) >= 11 is 6.05. The van der Waals surface area contributed by atoms with Crippen molar-refractivity contribution in [1.29, 1.82) is 0 Å². The number of aromatic nitrogens is 1. The molecular weight excluding hydrogens is 376 g/mol. The van der Waals surface area contributed by atoms with E-state index in [1.54, 1.807) is 38.1 Å². The van der Waals surface area contributed by atoms with Gasteiger partial charge in [0.05, 0.1) is 16.8 Å². The first-order chi connectivity index (χ1) is 12.2. The van der Waals surface area contributed by atoms with Crippen molar-refractivity contribution < 1.29 is 18.3 Å². The highest BCUT2D eigenvalue weighted by atomic mass is 35.5. The maximum Gasteiger partial charge on any atom is 0.336 e. The van der Waals surface area contributed by atoms with Crippen LogP contribution < -0.4 is 4.72 Å². The van der Waals surface area contributed by atoms with E-state index in [0.717, 1.165) is 0 Å². The summed E-state index contributed by atoms with van der Waals surface area (Å²) in [6.07, 6.45) is 1.49. The summed E-state index contributed by atoms with van der Waals surface area (Å²) in [7, 11) is -4.03. The van der Waals surface area contributed by atoms with Gasteiger partial charge in [-0.05, 0) is 49.2 Å². The Balaban J connectivity index is 2.15. The molecule has 0 saturated heterocycles. The Hall–Kier alpha value is -2.64. The van der Waals surface area contributed by atoms with E-state index in [9.17, 15) is 18.3 Å². The summed E-state index contributed by atoms with van der Waals surface area (Å²) in [5.74, 6) is -1.11. The molecule has 0 atom stereocenters. The molecule has 0 aliphatic carbocycles. The molecule has 0 aliphatic rings. The molecular formula is C18H15ClN2O4S. The van der Waals surface area contributed by atoms with E-state index in [1.165, 1.54) is 18.3 Å². The summed E-state index contributed by atoms with van der Waals surface area (Å²) in [5.41, 5.74) is 1.43. The molecule has 6 nitrogen and oxygen atoms in total. The fourth-order valence-electron chi connectivity index (χ4n) is 2.82. The molecule has 1 aromatic heterocycles. The number of sulfonamides is 1. The van der Waals surface area contributed by atoms with E-state index in [4.69, 9.17) is 11.6 Å². The molecule has 0 saturated carbocycles. The lowest BCUT2D eigenvalue weighted by Gasteiger charge is -2.15. The Morgan fingerprint density at radius 1 is 1.19 bits per heavy atom. The van der Waals surface area contributed by atoms with Gasteiger partial charge in [0.1, 0.15) is 4.90 Å². The maximum absolute atomic E-state index is 12.9. The van der Waals surface area contributed by atoms with Gasteiger partial charge in [0.2, 0.25) is 0 Å². The third-order valence-electron chi connectivity index (χ3n) is 4.06. The SMILES string of the molecule is Cc1ccc(NS(=O)(=O)c2cc(Cl)cc3cccnc23)c(C)c1C(=O)O. The first kappa shape index (κ1) is 18.2. The molecule has 0 bridgehead atoms. The van der Waals surface area contributed by atoms with Crippen molar-refractivity contribution in [2.75, 3.05) is 4.72 Å². The molecule has 0 fully saturated rings. The number of anilines is 1. The molecule has 0 aliphatic heterocycles. The fraction of sp³-hybridized carbons (Fsp3) is 0.111. The lowest BCUT2D eigenvalue weighted by molar-refractivity contribution is 0.0695. The smallest absolute Gasteiger partial charge is 0.336 e. The van der Waals surface area contributed by atoms with Gasteiger partial charge < -0.3 is 5.11 Å². The van der Waals surface area contributed by atoms with Gasteiger partial charge in [0.25, 0.3) is 10.0 Å². The van der Waals surface area contributed by atoms with Crippen LogP contribution in [0, 0.1) is 13.8 Å². The molecule has 0 amide bonds. The van der Waals surface area contributed by atoms with Crippen LogP contribution in [0.3, 0.4) is 0 Å². The van der Waals surface area contributed by atoms with E-state index >= 15 is 0 Å². The van der Waals surface area contributed by atoms with Crippen LogP contribution in [0.1, 0.15) is 21.5 Å². The Kier molecular flexibility index (Phi) is 4.60. The number of halogens is 1. The zero-order valence-electron chi connectivity index (χ0n) is 13.9. The number of pyridine rings is 1. The Morgan fingerprint density at radius 3 is 2.62 bits per heavy atom. The number of rotatable bonds is 4. The minimum atomic E-state index is -4.03. The summed E-state index contributed by atoms with van der Waals surface area (Å²) in [6, 6.07) is 9.44. The second-order valence-electron chi connectivity index (χ2n) is 5.82. The highest BCUT2D eigenvalue weighted by molar-refractivity contribution is 7.93. The predicted molar refractivity (Wildman–Crippen MR) is 100 cm³/mol. The van der Waals surface area contributed by atoms with Crippen LogP contribution in [0.5, 0.6) is 0 Å². The molecule has 8 heteroatoms. The van der Waals surface area contributed by atoms with Crippen molar-refractivity contribution in [2.45, 2.75) is 18.7 Å². The van der Waals surface area contributed by atoms with Crippen LogP contribution in [0.2, 0.25) is 5.02 Å². The van der Waals surface area contributed by atoms with Gasteiger partial charge >= 0.3 is 5.97 Å². The molecule has 1 heterocycles. The average Bonchev–Trinajstić information content (AvgIpc) is 2.56. The van der Waals surface area contributed by atoms with Crippen molar-refractivity contribution in [2.24, 2.45) is 0 Å². The standard InChI is InChI=1S/C18H15ClN2O4S/c1-10-5-6-14(11(2)16(10)18(22)23)21-26(24,25)15-9-13(19)8-12-4-3-7-20-17(12)15/h3-9,21H,1-2H3,(H,22,23). The van der Waals surface area contributed by atoms with Crippen LogP contribution in [0.4, 0.5) is 5.69 Å². The number of carbonyl (C=O) groups is 1. The van der Waals surface area contributed by atoms with Gasteiger partial charge in [0.15, 0.2) is 0 Å². The fourth-order valence-corrected chi connectivity index (χ4v) is 4.43. The monoisotopic (exact) mass is 390 g/mol. The first-order valence-corrected chi connectivity index (χ1v) is 9.47. The molecule has 3 rings (SSSR count). The van der Waals surface area contributed by atoms with E-state index < -0.39 is 16.0 Å². The van der Waals surface area contributed by atoms with E-state index in [0.29, 0.717) is 16.5 Å². The van der Waals surface area contributed by atoms with Gasteiger partial charge in [-0.25, -0.2) is 13.2 Å². The lowest BCUT2D eigenvalue weighted by Crippen LogP contribution is -2.16. The van der Waals surface area contributed by atoms with Crippen LogP contribution in [0.25, 0.3) is 10.9 Å². The topological polar surface area (TPSA) is 96.4 Å². The molecule has 0 unspecified atom stereocenters. The van der Waals surface area contributed by atoms with Crippen molar-refractivity contribution in [3.63, 3.8) is 0 Å². The highest BCUT2D eigenvalue weighted by Gasteiger charge is 2.22. The number of nitrogens with one attached hydrogen (secondary N) is 1. The Labute approximate surface area is 155 Å². The van der Waals surface area contributed by atoms with E-state index in [-0.39, 0.29) is 26.7 Å². The van der Waals surface area contributed by atoms with Gasteiger partial charge in [-0.3, -0.25) is 9.71 Å². The zero-order valence-corrected chi connectivity index (χ0v) is 15.5. The molecule has 0 radical (unpaired) electrons. The number of fused-ring (bicyclic) bond motifs is 1. The minimum Gasteiger partial charge on any atom is -0.478 e. The van der Waals surface area contributed by atoms with Gasteiger partial charge in [0, 0.05) is 16.6 Å². The summed E-state index contributed by atoms with van der Waals surface area (Å²) in [5, 5.41) is 10.2. The van der Waals surface area contributed by atoms with Crippen LogP contribution in [0.15, 0.2) is 47.5 Å². The van der Waals surface area contributed by atoms with Gasteiger partial charge in [-0.1, -0.05) is 23.7 Å². The molecule has 26 heavy (non-hydrogen) atoms. The summed E-state index contributed by atoms with van der Waals surface area (Å²) in [4.78, 5) is 15.5. The number of aryl methyl sites for hydroxylation is 1. The largest absolute Gasteiger partial charge is 0.478 e. The normalized spacial score (nSPS) is 11.5. The molecule has 0 spiro atoms. The third kappa shape index (κ3) is 3.23. The quantitative estimate of drug-likeness (QED) is 0.701. The molecule has 134 valence electrons. The lowest BCUT2D eigenvalue weighted by atomic mass is 10.0. The third-order valence-corrected chi connectivity index (χ3v) is 5.65. The number of hydrogen-bond acceptors (Lipinski definition) is 4. The number of hydrogen-bond donors (Lipinski definition) is 2. The minimum absolute atomic E-state index is 0.0688. The second-order valence-corrected chi connectivity index (χ2v) is 7.91. The number of aromatic carboxylic acids is 1. The highest BCUT2D eigenvalue weighted by Crippen LogP contribution is 2.29. The molecule has 3 aromatic rings. The average molecular weight is 391 g/mol. The zero-order chi connectivity index (χ0) is 19.1. The Bertz CT molecular complexity index is 1140. The first-order valence-electron chi connectivity index (χ1n) is 7.61. The van der Waals surface area contributed by atoms with Gasteiger partial charge in [-0.15, -0.1) is 0 Å². The van der Waals surface area contributed by atoms with Crippen molar-refractivity contribution in [3.8, 4) is 0 Å². The second kappa shape index (κ2) is 6.59. The van der Waals surface area contributed by atoms with Crippen LogP contribution >= 0.6 is 11.6 Å². The number of carboxylic acid groups (broad SMARTS) is 1. The number of benzene rings is 2. The summed E-state index contributed by atoms with van der Waals surface area (Å²) < 4.78 is 28.3. The molecule has 2 N–H and O–H groups in total. The van der Waals surface area contributed by atoms with Crippen LogP contribution in [-0.4, -0.2) is 24.5 Å². The van der Waals surface area contributed by atoms with Crippen LogP contribution in [-0.2, 0) is 10.0 Å². The number of nitrogens with zero attached hydrogens (tertiary/aromatic N) is 1.